The highest BCUT2D eigenvalue weighted by atomic mass is 32.2. The standard InChI is InChI=1S/C23H19F2N7S/c1-30-10-15(7-28-30)14-5-20(24)23(26)32(12-14)13-33-17-3-4-21-18(6-17)22(25)19(9-27-21)16-8-29-31(2)11-16/h3-12,26H,13H2,1-2H3. The minimum Gasteiger partial charge on any atom is -0.320 e. The van der Waals surface area contributed by atoms with Gasteiger partial charge in [0, 0.05) is 71.4 Å². The van der Waals surface area contributed by atoms with Crippen LogP contribution in [0.25, 0.3) is 33.2 Å². The molecular formula is C23H19F2N7S. The number of nitrogens with one attached hydrogen (secondary N) is 1. The van der Waals surface area contributed by atoms with Gasteiger partial charge in [0.05, 0.1) is 23.8 Å². The second-order valence-corrected chi connectivity index (χ2v) is 8.66. The fourth-order valence-corrected chi connectivity index (χ4v) is 4.43. The molecule has 0 saturated heterocycles. The lowest BCUT2D eigenvalue weighted by atomic mass is 10.1. The summed E-state index contributed by atoms with van der Waals surface area (Å²) >= 11 is 1.38. The lowest BCUT2D eigenvalue weighted by Crippen LogP contribution is -2.22. The van der Waals surface area contributed by atoms with Gasteiger partial charge in [-0.1, -0.05) is 0 Å². The minimum atomic E-state index is -0.619. The van der Waals surface area contributed by atoms with E-state index in [1.807, 2.05) is 6.07 Å². The number of benzene rings is 1. The van der Waals surface area contributed by atoms with Crippen LogP contribution in [0.5, 0.6) is 0 Å². The number of halogens is 2. The number of fused-ring (bicyclic) bond motifs is 1. The Hall–Kier alpha value is -3.79. The molecule has 166 valence electrons. The van der Waals surface area contributed by atoms with E-state index in [1.165, 1.54) is 28.6 Å². The highest BCUT2D eigenvalue weighted by molar-refractivity contribution is 7.98. The number of pyridine rings is 2. The molecule has 1 N–H and O–H groups in total. The topological polar surface area (TPSA) is 77.3 Å². The van der Waals surface area contributed by atoms with Gasteiger partial charge in [-0.05, 0) is 24.3 Å². The lowest BCUT2D eigenvalue weighted by Gasteiger charge is -2.11. The summed E-state index contributed by atoms with van der Waals surface area (Å²) in [5.41, 5.74) is 2.75. The number of hydrogen-bond acceptors (Lipinski definition) is 5. The van der Waals surface area contributed by atoms with Crippen LogP contribution < -0.4 is 5.49 Å². The van der Waals surface area contributed by atoms with Crippen molar-refractivity contribution >= 4 is 22.7 Å². The predicted molar refractivity (Wildman–Crippen MR) is 122 cm³/mol. The molecule has 0 radical (unpaired) electrons. The van der Waals surface area contributed by atoms with Gasteiger partial charge in [0.2, 0.25) is 0 Å². The van der Waals surface area contributed by atoms with Crippen LogP contribution >= 0.6 is 11.8 Å². The first-order chi connectivity index (χ1) is 15.9. The summed E-state index contributed by atoms with van der Waals surface area (Å²) in [5, 5.41) is 16.7. The van der Waals surface area contributed by atoms with Crippen LogP contribution in [0.3, 0.4) is 0 Å². The number of aryl methyl sites for hydroxylation is 2. The van der Waals surface area contributed by atoms with Crippen molar-refractivity contribution in [1.82, 2.24) is 29.1 Å². The van der Waals surface area contributed by atoms with Gasteiger partial charge < -0.3 is 4.57 Å². The number of aromatic nitrogens is 6. The smallest absolute Gasteiger partial charge is 0.166 e. The maximum atomic E-state index is 15.3. The molecule has 0 amide bonds. The van der Waals surface area contributed by atoms with E-state index in [4.69, 9.17) is 5.41 Å². The molecule has 7 nitrogen and oxygen atoms in total. The van der Waals surface area contributed by atoms with E-state index < -0.39 is 5.82 Å². The van der Waals surface area contributed by atoms with Crippen LogP contribution in [0.2, 0.25) is 0 Å². The summed E-state index contributed by atoms with van der Waals surface area (Å²) in [6, 6.07) is 6.66. The van der Waals surface area contributed by atoms with Crippen LogP contribution in [0, 0.1) is 17.0 Å². The van der Waals surface area contributed by atoms with E-state index in [0.29, 0.717) is 27.6 Å². The first-order valence-electron chi connectivity index (χ1n) is 10.0. The van der Waals surface area contributed by atoms with Crippen molar-refractivity contribution in [3.8, 4) is 22.3 Å². The summed E-state index contributed by atoms with van der Waals surface area (Å²) in [6.45, 7) is 0. The van der Waals surface area contributed by atoms with Crippen molar-refractivity contribution in [2.45, 2.75) is 10.8 Å². The Kier molecular flexibility index (Phi) is 5.29. The third-order valence-corrected chi connectivity index (χ3v) is 6.28. The zero-order chi connectivity index (χ0) is 23.1. The van der Waals surface area contributed by atoms with Crippen LogP contribution in [-0.2, 0) is 20.0 Å². The molecule has 4 heterocycles. The Morgan fingerprint density at radius 1 is 0.909 bits per heavy atom. The average Bonchev–Trinajstić information content (AvgIpc) is 3.43. The Morgan fingerprint density at radius 3 is 2.33 bits per heavy atom. The minimum absolute atomic E-state index is 0.220. The van der Waals surface area contributed by atoms with Gasteiger partial charge in [-0.2, -0.15) is 10.2 Å². The van der Waals surface area contributed by atoms with Gasteiger partial charge in [-0.15, -0.1) is 11.8 Å². The Morgan fingerprint density at radius 2 is 1.64 bits per heavy atom. The first-order valence-corrected chi connectivity index (χ1v) is 11.0. The molecule has 0 aliphatic carbocycles. The van der Waals surface area contributed by atoms with E-state index in [0.717, 1.165) is 10.5 Å². The fourth-order valence-electron chi connectivity index (χ4n) is 3.58. The molecular weight excluding hydrogens is 444 g/mol. The zero-order valence-electron chi connectivity index (χ0n) is 17.8. The van der Waals surface area contributed by atoms with Gasteiger partial charge in [0.25, 0.3) is 0 Å². The molecule has 4 aromatic heterocycles. The molecule has 1 aromatic carbocycles. The molecule has 0 fully saturated rings. The van der Waals surface area contributed by atoms with Gasteiger partial charge in [-0.25, -0.2) is 8.78 Å². The summed E-state index contributed by atoms with van der Waals surface area (Å²) in [5.74, 6) is -0.701. The largest absolute Gasteiger partial charge is 0.320 e. The molecule has 10 heteroatoms. The average molecular weight is 464 g/mol. The molecule has 0 spiro atoms. The molecule has 0 aliphatic rings. The number of thioether (sulfide) groups is 1. The van der Waals surface area contributed by atoms with Crippen LogP contribution in [0.1, 0.15) is 0 Å². The highest BCUT2D eigenvalue weighted by Gasteiger charge is 2.13. The monoisotopic (exact) mass is 463 g/mol. The third kappa shape index (κ3) is 4.05. The van der Waals surface area contributed by atoms with E-state index in [-0.39, 0.29) is 17.2 Å². The lowest BCUT2D eigenvalue weighted by molar-refractivity contribution is 0.575. The second-order valence-electron chi connectivity index (χ2n) is 7.64. The molecule has 33 heavy (non-hydrogen) atoms. The van der Waals surface area contributed by atoms with Crippen molar-refractivity contribution < 1.29 is 8.78 Å². The molecule has 0 bridgehead atoms. The van der Waals surface area contributed by atoms with Crippen LogP contribution in [-0.4, -0.2) is 29.1 Å². The zero-order valence-corrected chi connectivity index (χ0v) is 18.6. The van der Waals surface area contributed by atoms with Crippen molar-refractivity contribution in [1.29, 1.82) is 5.41 Å². The molecule has 5 rings (SSSR count). The molecule has 0 saturated carbocycles. The number of nitrogens with zero attached hydrogens (tertiary/aromatic N) is 6. The van der Waals surface area contributed by atoms with Crippen LogP contribution in [0.4, 0.5) is 8.78 Å². The Bertz CT molecular complexity index is 1550. The van der Waals surface area contributed by atoms with Gasteiger partial charge in [0.15, 0.2) is 11.3 Å². The maximum Gasteiger partial charge on any atom is 0.166 e. The van der Waals surface area contributed by atoms with E-state index in [1.54, 1.807) is 66.6 Å². The van der Waals surface area contributed by atoms with Crippen molar-refractivity contribution in [3.63, 3.8) is 0 Å². The third-order valence-electron chi connectivity index (χ3n) is 5.29. The molecule has 0 atom stereocenters. The summed E-state index contributed by atoms with van der Waals surface area (Å²) in [7, 11) is 3.56. The molecule has 0 aliphatic heterocycles. The number of hydrogen-bond donors (Lipinski definition) is 1. The first kappa shape index (κ1) is 21.1. The fraction of sp³-hybridized carbons (Fsp3) is 0.130. The summed E-state index contributed by atoms with van der Waals surface area (Å²) < 4.78 is 34.5. The summed E-state index contributed by atoms with van der Waals surface area (Å²) in [4.78, 5) is 5.16. The van der Waals surface area contributed by atoms with Gasteiger partial charge in [-0.3, -0.25) is 19.8 Å². The Labute approximate surface area is 191 Å². The van der Waals surface area contributed by atoms with E-state index in [2.05, 4.69) is 15.2 Å². The number of rotatable bonds is 5. The SMILES string of the molecule is Cn1cc(-c2cc(F)c(=N)n(CSc3ccc4ncc(-c5cnn(C)c5)c(F)c4c3)c2)cn1. The predicted octanol–water partition coefficient (Wildman–Crippen LogP) is 4.34. The van der Waals surface area contributed by atoms with Crippen LogP contribution in [0.15, 0.2) is 66.3 Å². The maximum absolute atomic E-state index is 15.3. The highest BCUT2D eigenvalue weighted by Crippen LogP contribution is 2.30. The summed E-state index contributed by atoms with van der Waals surface area (Å²) in [6.07, 6.45) is 10.0. The molecule has 0 unspecified atom stereocenters. The van der Waals surface area contributed by atoms with E-state index in [9.17, 15) is 4.39 Å². The van der Waals surface area contributed by atoms with Crippen molar-refractivity contribution in [2.24, 2.45) is 14.1 Å². The Balaban J connectivity index is 1.46. The second kappa shape index (κ2) is 8.28. The van der Waals surface area contributed by atoms with Crippen molar-refractivity contribution in [3.05, 3.63) is 78.6 Å². The van der Waals surface area contributed by atoms with E-state index >= 15 is 4.39 Å². The quantitative estimate of drug-likeness (QED) is 0.393. The van der Waals surface area contributed by atoms with Crippen molar-refractivity contribution in [2.75, 3.05) is 0 Å². The van der Waals surface area contributed by atoms with Gasteiger partial charge >= 0.3 is 0 Å². The normalized spacial score (nSPS) is 11.4. The van der Waals surface area contributed by atoms with Gasteiger partial charge in [0.1, 0.15) is 5.82 Å². The molecule has 5 aromatic rings.